The Morgan fingerprint density at radius 1 is 0.929 bits per heavy atom. The van der Waals surface area contributed by atoms with Gasteiger partial charge < -0.3 is 15.4 Å². The van der Waals surface area contributed by atoms with Crippen LogP contribution in [0.3, 0.4) is 0 Å². The molecule has 3 aromatic rings. The van der Waals surface area contributed by atoms with Gasteiger partial charge in [-0.1, -0.05) is 66.2 Å². The topological polar surface area (TPSA) is 50.4 Å². The maximum atomic E-state index is 11.7. The van der Waals surface area contributed by atoms with Crippen LogP contribution in [0.1, 0.15) is 33.1 Å². The maximum Gasteiger partial charge on any atom is 0.337 e. The minimum atomic E-state index is -0.385. The van der Waals surface area contributed by atoms with Gasteiger partial charge >= 0.3 is 5.97 Å². The number of hydrogen-bond donors (Lipinski definition) is 2. The van der Waals surface area contributed by atoms with Crippen LogP contribution in [0, 0.1) is 6.92 Å². The summed E-state index contributed by atoms with van der Waals surface area (Å²) in [5.41, 5.74) is 4.61. The van der Waals surface area contributed by atoms with Gasteiger partial charge in [-0.15, -0.1) is 0 Å². The number of anilines is 1. The molecule has 0 fully saturated rings. The first-order chi connectivity index (χ1) is 13.6. The number of methoxy groups -OCH3 is 1. The second-order valence-corrected chi connectivity index (χ2v) is 6.84. The van der Waals surface area contributed by atoms with Crippen molar-refractivity contribution >= 4 is 29.0 Å². The van der Waals surface area contributed by atoms with Crippen LogP contribution >= 0.6 is 12.2 Å². The summed E-state index contributed by atoms with van der Waals surface area (Å²) < 4.78 is 4.77. The third-order valence-corrected chi connectivity index (χ3v) is 4.55. The zero-order chi connectivity index (χ0) is 19.9. The van der Waals surface area contributed by atoms with E-state index in [9.17, 15) is 4.79 Å². The Bertz CT molecular complexity index is 973. The highest BCUT2D eigenvalue weighted by molar-refractivity contribution is 7.80. The van der Waals surface area contributed by atoms with E-state index >= 15 is 0 Å². The van der Waals surface area contributed by atoms with E-state index < -0.39 is 0 Å². The lowest BCUT2D eigenvalue weighted by molar-refractivity contribution is 0.0601. The first-order valence-corrected chi connectivity index (χ1v) is 9.35. The van der Waals surface area contributed by atoms with E-state index in [1.165, 1.54) is 12.7 Å². The van der Waals surface area contributed by atoms with Crippen molar-refractivity contribution in [2.75, 3.05) is 12.4 Å². The Morgan fingerprint density at radius 3 is 2.36 bits per heavy atom. The number of benzene rings is 3. The number of aryl methyl sites for hydroxylation is 1. The van der Waals surface area contributed by atoms with Crippen LogP contribution in [0.2, 0.25) is 0 Å². The molecule has 0 unspecified atom stereocenters. The Balaban J connectivity index is 1.81. The van der Waals surface area contributed by atoms with Gasteiger partial charge in [0.05, 0.1) is 18.7 Å². The number of carbonyl (C=O) groups excluding carboxylic acids is 1. The maximum absolute atomic E-state index is 11.7. The average molecular weight is 391 g/mol. The van der Waals surface area contributed by atoms with Crippen molar-refractivity contribution in [2.45, 2.75) is 13.0 Å². The van der Waals surface area contributed by atoms with E-state index in [4.69, 9.17) is 17.0 Å². The highest BCUT2D eigenvalue weighted by Gasteiger charge is 2.15. The molecule has 0 bridgehead atoms. The van der Waals surface area contributed by atoms with Gasteiger partial charge in [0.15, 0.2) is 5.11 Å². The van der Waals surface area contributed by atoms with Gasteiger partial charge in [0, 0.05) is 5.69 Å². The summed E-state index contributed by atoms with van der Waals surface area (Å²) in [6, 6.07) is 25.4. The van der Waals surface area contributed by atoms with Gasteiger partial charge in [-0.05, 0) is 48.5 Å². The summed E-state index contributed by atoms with van der Waals surface area (Å²) in [4.78, 5) is 11.7. The molecule has 0 aliphatic rings. The van der Waals surface area contributed by atoms with E-state index in [1.54, 1.807) is 18.2 Å². The lowest BCUT2D eigenvalue weighted by Crippen LogP contribution is -2.33. The number of thiocarbonyl (C=S) groups is 1. The van der Waals surface area contributed by atoms with Crippen molar-refractivity contribution in [1.29, 1.82) is 0 Å². The minimum Gasteiger partial charge on any atom is -0.465 e. The molecule has 0 saturated carbocycles. The molecule has 3 rings (SSSR count). The molecule has 4 nitrogen and oxygen atoms in total. The number of esters is 1. The van der Waals surface area contributed by atoms with Crippen LogP contribution in [-0.4, -0.2) is 18.2 Å². The van der Waals surface area contributed by atoms with E-state index in [-0.39, 0.29) is 12.0 Å². The summed E-state index contributed by atoms with van der Waals surface area (Å²) in [7, 11) is 1.36. The molecule has 0 amide bonds. The Kier molecular flexibility index (Phi) is 6.40. The normalized spacial score (nSPS) is 11.4. The predicted octanol–water partition coefficient (Wildman–Crippen LogP) is 4.86. The van der Waals surface area contributed by atoms with Crippen LogP contribution in [0.4, 0.5) is 5.69 Å². The highest BCUT2D eigenvalue weighted by atomic mass is 32.1. The van der Waals surface area contributed by atoms with Crippen molar-refractivity contribution in [3.63, 3.8) is 0 Å². The largest absolute Gasteiger partial charge is 0.465 e. The summed E-state index contributed by atoms with van der Waals surface area (Å²) in [5, 5.41) is 7.02. The molecule has 142 valence electrons. The fourth-order valence-electron chi connectivity index (χ4n) is 2.99. The second kappa shape index (κ2) is 9.15. The van der Waals surface area contributed by atoms with E-state index in [0.29, 0.717) is 10.7 Å². The third kappa shape index (κ3) is 4.96. The van der Waals surface area contributed by atoms with Gasteiger partial charge in [-0.25, -0.2) is 4.79 Å². The summed E-state index contributed by atoms with van der Waals surface area (Å²) in [6.45, 7) is 2.07. The van der Waals surface area contributed by atoms with Crippen LogP contribution < -0.4 is 10.6 Å². The van der Waals surface area contributed by atoms with Gasteiger partial charge in [0.2, 0.25) is 0 Å². The lowest BCUT2D eigenvalue weighted by Gasteiger charge is -2.22. The van der Waals surface area contributed by atoms with Crippen molar-refractivity contribution in [3.05, 3.63) is 101 Å². The molecule has 0 aliphatic carbocycles. The molecule has 0 radical (unpaired) electrons. The quantitative estimate of drug-likeness (QED) is 0.481. The molecule has 28 heavy (non-hydrogen) atoms. The molecule has 5 heteroatoms. The predicted molar refractivity (Wildman–Crippen MR) is 117 cm³/mol. The number of hydrogen-bond acceptors (Lipinski definition) is 3. The molecule has 3 aromatic carbocycles. The van der Waals surface area contributed by atoms with Gasteiger partial charge in [0.25, 0.3) is 0 Å². The average Bonchev–Trinajstić information content (AvgIpc) is 2.72. The summed E-state index contributed by atoms with van der Waals surface area (Å²) >= 11 is 5.54. The van der Waals surface area contributed by atoms with E-state index in [0.717, 1.165) is 16.8 Å². The molecule has 0 spiro atoms. The fourth-order valence-corrected chi connectivity index (χ4v) is 3.23. The van der Waals surface area contributed by atoms with Crippen LogP contribution in [0.15, 0.2) is 78.9 Å². The Hall–Kier alpha value is -3.18. The molecule has 0 aromatic heterocycles. The van der Waals surface area contributed by atoms with E-state index in [2.05, 4.69) is 47.9 Å². The van der Waals surface area contributed by atoms with E-state index in [1.807, 2.05) is 30.3 Å². The monoisotopic (exact) mass is 390 g/mol. The van der Waals surface area contributed by atoms with Gasteiger partial charge in [-0.3, -0.25) is 0 Å². The molecular weight excluding hydrogens is 368 g/mol. The SMILES string of the molecule is COC(=O)c1cccc(NC(=S)N[C@@H](c2ccccc2)c2cccc(C)c2)c1. The Labute approximate surface area is 170 Å². The van der Waals surface area contributed by atoms with Crippen molar-refractivity contribution in [3.8, 4) is 0 Å². The number of carbonyl (C=O) groups is 1. The molecule has 0 aliphatic heterocycles. The van der Waals surface area contributed by atoms with Gasteiger partial charge in [-0.2, -0.15) is 0 Å². The number of rotatable bonds is 5. The lowest BCUT2D eigenvalue weighted by atomic mass is 9.97. The second-order valence-electron chi connectivity index (χ2n) is 6.43. The molecule has 0 saturated heterocycles. The molecule has 1 atom stereocenters. The minimum absolute atomic E-state index is 0.0927. The standard InChI is InChI=1S/C23H22N2O2S/c1-16-8-6-11-18(14-16)21(17-9-4-3-5-10-17)25-23(28)24-20-13-7-12-19(15-20)22(26)27-2/h3-15,21H,1-2H3,(H2,24,25,28)/t21-/m0/s1. The zero-order valence-electron chi connectivity index (χ0n) is 15.8. The molecule has 2 N–H and O–H groups in total. The summed E-state index contributed by atoms with van der Waals surface area (Å²) in [6.07, 6.45) is 0. The van der Waals surface area contributed by atoms with Crippen molar-refractivity contribution in [1.82, 2.24) is 5.32 Å². The highest BCUT2D eigenvalue weighted by Crippen LogP contribution is 2.23. The van der Waals surface area contributed by atoms with Crippen LogP contribution in [0.5, 0.6) is 0 Å². The Morgan fingerprint density at radius 2 is 1.64 bits per heavy atom. The van der Waals surface area contributed by atoms with Crippen molar-refractivity contribution < 1.29 is 9.53 Å². The van der Waals surface area contributed by atoms with Crippen LogP contribution in [-0.2, 0) is 4.74 Å². The first-order valence-electron chi connectivity index (χ1n) is 8.94. The fraction of sp³-hybridized carbons (Fsp3) is 0.130. The smallest absolute Gasteiger partial charge is 0.337 e. The first kappa shape index (κ1) is 19.6. The molecular formula is C23H22N2O2S. The third-order valence-electron chi connectivity index (χ3n) is 4.33. The number of nitrogens with one attached hydrogen (secondary N) is 2. The summed E-state index contributed by atoms with van der Waals surface area (Å²) in [5.74, 6) is -0.385. The van der Waals surface area contributed by atoms with Gasteiger partial charge in [0.1, 0.15) is 0 Å². The van der Waals surface area contributed by atoms with Crippen LogP contribution in [0.25, 0.3) is 0 Å². The zero-order valence-corrected chi connectivity index (χ0v) is 16.6. The molecule has 0 heterocycles. The number of ether oxygens (including phenoxy) is 1. The van der Waals surface area contributed by atoms with Crippen molar-refractivity contribution in [2.24, 2.45) is 0 Å².